The predicted molar refractivity (Wildman–Crippen MR) is 51.1 cm³/mol. The van der Waals surface area contributed by atoms with E-state index in [0.29, 0.717) is 12.2 Å². The zero-order valence-corrected chi connectivity index (χ0v) is 9.33. The van der Waals surface area contributed by atoms with Crippen molar-refractivity contribution in [2.75, 3.05) is 7.05 Å². The molecule has 0 aromatic heterocycles. The van der Waals surface area contributed by atoms with Gasteiger partial charge in [0.05, 0.1) is 0 Å². The van der Waals surface area contributed by atoms with Crippen molar-refractivity contribution in [1.82, 2.24) is 5.32 Å². The van der Waals surface area contributed by atoms with Gasteiger partial charge in [0.15, 0.2) is 0 Å². The van der Waals surface area contributed by atoms with Gasteiger partial charge in [-0.05, 0) is 13.0 Å². The fraction of sp³-hybridized carbons (Fsp3) is 1.00. The molecule has 0 spiro atoms. The second-order valence-electron chi connectivity index (χ2n) is 4.24. The molecule has 4 atom stereocenters. The first-order valence-electron chi connectivity index (χ1n) is 5.20. The van der Waals surface area contributed by atoms with Crippen LogP contribution in [0, 0.1) is 11.8 Å². The molecule has 1 aliphatic carbocycles. The molecule has 1 N–H and O–H groups in total. The van der Waals surface area contributed by atoms with Crippen LogP contribution in [0.15, 0.2) is 0 Å². The van der Waals surface area contributed by atoms with Crippen molar-refractivity contribution >= 4 is 0 Å². The third-order valence-corrected chi connectivity index (χ3v) is 3.59. The maximum Gasteiger partial charge on any atom is 1.00 e. The molecule has 0 amide bonds. The first-order chi connectivity index (χ1) is 5.83. The Morgan fingerprint density at radius 2 is 1.77 bits per heavy atom. The standard InChI is InChI=1S/C10H19N2.Cu/c1-7-8-5-3-4-6-9(8)10(11-2)12-7;/h7-11H,3-6H2,1-2H3;/q-1;+1. The maximum atomic E-state index is 4.74. The van der Waals surface area contributed by atoms with Crippen molar-refractivity contribution in [3.8, 4) is 0 Å². The average Bonchev–Trinajstić information content (AvgIpc) is 2.44. The Balaban J connectivity index is 0.000000845. The Labute approximate surface area is 91.7 Å². The van der Waals surface area contributed by atoms with Crippen LogP contribution in [0.4, 0.5) is 0 Å². The second-order valence-corrected chi connectivity index (χ2v) is 4.24. The van der Waals surface area contributed by atoms with E-state index in [-0.39, 0.29) is 17.1 Å². The van der Waals surface area contributed by atoms with Crippen molar-refractivity contribution in [2.24, 2.45) is 11.8 Å². The van der Waals surface area contributed by atoms with Gasteiger partial charge in [0.2, 0.25) is 0 Å². The van der Waals surface area contributed by atoms with Crippen LogP contribution in [-0.4, -0.2) is 19.3 Å². The first kappa shape index (κ1) is 11.5. The summed E-state index contributed by atoms with van der Waals surface area (Å²) in [5.41, 5.74) is 0. The minimum Gasteiger partial charge on any atom is -0.644 e. The number of nitrogens with zero attached hydrogens (tertiary/aromatic N) is 1. The monoisotopic (exact) mass is 230 g/mol. The predicted octanol–water partition coefficient (Wildman–Crippen LogP) is 2.11. The molecule has 0 bridgehead atoms. The molecular formula is C10H19CuN2. The molecule has 80 valence electrons. The summed E-state index contributed by atoms with van der Waals surface area (Å²) in [6.45, 7) is 2.28. The molecule has 2 aliphatic rings. The number of hydrogen-bond donors (Lipinski definition) is 1. The number of rotatable bonds is 1. The molecule has 4 unspecified atom stereocenters. The van der Waals surface area contributed by atoms with Crippen LogP contribution in [0.1, 0.15) is 32.6 Å². The van der Waals surface area contributed by atoms with Gasteiger partial charge in [0, 0.05) is 0 Å². The molecule has 0 aromatic rings. The van der Waals surface area contributed by atoms with Gasteiger partial charge >= 0.3 is 17.1 Å². The van der Waals surface area contributed by atoms with Gasteiger partial charge < -0.3 is 10.6 Å². The van der Waals surface area contributed by atoms with E-state index in [1.54, 1.807) is 0 Å². The topological polar surface area (TPSA) is 26.1 Å². The van der Waals surface area contributed by atoms with Crippen molar-refractivity contribution < 1.29 is 17.1 Å². The van der Waals surface area contributed by atoms with Gasteiger partial charge in [0.25, 0.3) is 0 Å². The van der Waals surface area contributed by atoms with E-state index in [1.807, 2.05) is 7.05 Å². The van der Waals surface area contributed by atoms with E-state index in [2.05, 4.69) is 12.2 Å². The molecular weight excluding hydrogens is 212 g/mol. The van der Waals surface area contributed by atoms with E-state index in [4.69, 9.17) is 5.32 Å². The van der Waals surface area contributed by atoms with E-state index in [1.165, 1.54) is 25.7 Å². The Bertz CT molecular complexity index is 163. The summed E-state index contributed by atoms with van der Waals surface area (Å²) in [7, 11) is 2.04. The minimum absolute atomic E-state index is 0. The molecule has 2 fully saturated rings. The quantitative estimate of drug-likeness (QED) is 0.687. The second kappa shape index (κ2) is 4.79. The van der Waals surface area contributed by atoms with Crippen molar-refractivity contribution in [1.29, 1.82) is 0 Å². The van der Waals surface area contributed by atoms with E-state index in [0.717, 1.165) is 11.8 Å². The van der Waals surface area contributed by atoms with Crippen LogP contribution in [0.2, 0.25) is 0 Å². The Kier molecular flexibility index (Phi) is 4.24. The average molecular weight is 231 g/mol. The largest absolute Gasteiger partial charge is 1.00 e. The molecule has 0 radical (unpaired) electrons. The summed E-state index contributed by atoms with van der Waals surface area (Å²) in [6.07, 6.45) is 6.11. The smallest absolute Gasteiger partial charge is 0.644 e. The zero-order chi connectivity index (χ0) is 8.55. The van der Waals surface area contributed by atoms with Crippen LogP contribution in [0.5, 0.6) is 0 Å². The summed E-state index contributed by atoms with van der Waals surface area (Å²) in [6, 6.07) is 0.604. The van der Waals surface area contributed by atoms with Gasteiger partial charge in [-0.2, -0.15) is 0 Å². The summed E-state index contributed by atoms with van der Waals surface area (Å²) < 4.78 is 0. The Morgan fingerprint density at radius 3 is 2.38 bits per heavy atom. The SMILES string of the molecule is CNC1[N-]C(C)C2CCCCC12.[Cu+]. The van der Waals surface area contributed by atoms with Gasteiger partial charge in [-0.15, -0.1) is 6.04 Å². The third kappa shape index (κ3) is 2.09. The summed E-state index contributed by atoms with van der Waals surface area (Å²) >= 11 is 0. The third-order valence-electron chi connectivity index (χ3n) is 3.59. The van der Waals surface area contributed by atoms with E-state index in [9.17, 15) is 0 Å². The van der Waals surface area contributed by atoms with Crippen LogP contribution in [0.25, 0.3) is 5.32 Å². The zero-order valence-electron chi connectivity index (χ0n) is 8.39. The fourth-order valence-corrected chi connectivity index (χ4v) is 2.94. The van der Waals surface area contributed by atoms with Crippen LogP contribution in [0.3, 0.4) is 0 Å². The summed E-state index contributed by atoms with van der Waals surface area (Å²) in [5, 5.41) is 8.07. The van der Waals surface area contributed by atoms with E-state index < -0.39 is 0 Å². The molecule has 1 saturated heterocycles. The van der Waals surface area contributed by atoms with E-state index >= 15 is 0 Å². The molecule has 2 rings (SSSR count). The van der Waals surface area contributed by atoms with Gasteiger partial charge in [-0.3, -0.25) is 0 Å². The maximum absolute atomic E-state index is 4.74. The normalized spacial score (nSPS) is 43.8. The van der Waals surface area contributed by atoms with Crippen LogP contribution >= 0.6 is 0 Å². The van der Waals surface area contributed by atoms with Crippen molar-refractivity contribution in [3.63, 3.8) is 0 Å². The summed E-state index contributed by atoms with van der Waals surface area (Å²) in [4.78, 5) is 0. The number of fused-ring (bicyclic) bond motifs is 1. The molecule has 0 aromatic carbocycles. The van der Waals surface area contributed by atoms with Crippen LogP contribution in [-0.2, 0) is 17.1 Å². The van der Waals surface area contributed by atoms with Gasteiger partial charge in [0.1, 0.15) is 0 Å². The minimum atomic E-state index is 0. The molecule has 1 heterocycles. The Hall–Kier alpha value is 0.439. The summed E-state index contributed by atoms with van der Waals surface area (Å²) in [5.74, 6) is 1.73. The Morgan fingerprint density at radius 1 is 1.15 bits per heavy atom. The van der Waals surface area contributed by atoms with Crippen molar-refractivity contribution in [2.45, 2.75) is 44.8 Å². The van der Waals surface area contributed by atoms with Crippen molar-refractivity contribution in [3.05, 3.63) is 5.32 Å². The molecule has 1 aliphatic heterocycles. The molecule has 3 heteroatoms. The number of nitrogens with one attached hydrogen (secondary N) is 1. The number of hydrogen-bond acceptors (Lipinski definition) is 1. The molecule has 1 saturated carbocycles. The molecule has 2 nitrogen and oxygen atoms in total. The van der Waals surface area contributed by atoms with Crippen LogP contribution < -0.4 is 5.32 Å². The fourth-order valence-electron chi connectivity index (χ4n) is 2.94. The van der Waals surface area contributed by atoms with Gasteiger partial charge in [-0.25, -0.2) is 0 Å². The first-order valence-corrected chi connectivity index (χ1v) is 5.20. The van der Waals surface area contributed by atoms with Gasteiger partial charge in [-0.1, -0.05) is 44.7 Å². The molecule has 13 heavy (non-hydrogen) atoms.